The van der Waals surface area contributed by atoms with Gasteiger partial charge in [-0.15, -0.1) is 0 Å². The maximum absolute atomic E-state index is 13.0. The number of Topliss-reactive ketones (excluding diaryl/α,β-unsaturated/α-hetero) is 1. The van der Waals surface area contributed by atoms with Gasteiger partial charge < -0.3 is 4.57 Å². The van der Waals surface area contributed by atoms with Crippen LogP contribution in [0.25, 0.3) is 11.4 Å². The van der Waals surface area contributed by atoms with Crippen LogP contribution in [-0.4, -0.2) is 33.3 Å². The normalized spacial score (nSPS) is 15.4. The Labute approximate surface area is 179 Å². The highest BCUT2D eigenvalue weighted by Crippen LogP contribution is 2.32. The molecule has 4 nitrogen and oxygen atoms in total. The van der Waals surface area contributed by atoms with E-state index in [0.717, 1.165) is 29.1 Å². The van der Waals surface area contributed by atoms with Crippen molar-refractivity contribution < 1.29 is 18.0 Å². The van der Waals surface area contributed by atoms with E-state index in [2.05, 4.69) is 9.47 Å². The van der Waals surface area contributed by atoms with Gasteiger partial charge in [0, 0.05) is 50.3 Å². The van der Waals surface area contributed by atoms with Gasteiger partial charge in [0.25, 0.3) is 0 Å². The molecule has 0 aliphatic carbocycles. The number of hydrogen-bond acceptors (Lipinski definition) is 3. The largest absolute Gasteiger partial charge is 0.416 e. The zero-order valence-corrected chi connectivity index (χ0v) is 17.3. The second-order valence-electron chi connectivity index (χ2n) is 7.93. The molecule has 0 spiro atoms. The molecule has 4 rings (SSSR count). The van der Waals surface area contributed by atoms with Gasteiger partial charge in [-0.25, -0.2) is 4.98 Å². The summed E-state index contributed by atoms with van der Waals surface area (Å²) in [6.45, 7) is 4.61. The van der Waals surface area contributed by atoms with E-state index in [0.29, 0.717) is 50.4 Å². The number of carbonyl (C=O) groups excluding carboxylic acids is 1. The first kappa shape index (κ1) is 21.3. The summed E-state index contributed by atoms with van der Waals surface area (Å²) in [4.78, 5) is 18.6. The van der Waals surface area contributed by atoms with Crippen molar-refractivity contribution in [1.82, 2.24) is 14.5 Å². The molecular weight excluding hydrogens is 403 g/mol. The quantitative estimate of drug-likeness (QED) is 0.569. The Hall–Kier alpha value is -2.93. The summed E-state index contributed by atoms with van der Waals surface area (Å²) in [6, 6.07) is 15.1. The average Bonchev–Trinajstić information content (AvgIpc) is 3.05. The molecule has 2 heterocycles. The van der Waals surface area contributed by atoms with Crippen LogP contribution in [0.3, 0.4) is 0 Å². The number of benzene rings is 2. The number of ketones is 1. The lowest BCUT2D eigenvalue weighted by molar-refractivity contribution is -0.137. The van der Waals surface area contributed by atoms with Crippen LogP contribution < -0.4 is 0 Å². The van der Waals surface area contributed by atoms with Gasteiger partial charge in [-0.05, 0) is 24.6 Å². The maximum atomic E-state index is 13.0. The van der Waals surface area contributed by atoms with E-state index < -0.39 is 11.7 Å². The van der Waals surface area contributed by atoms with Crippen LogP contribution in [0.4, 0.5) is 13.2 Å². The smallest absolute Gasteiger partial charge is 0.324 e. The Balaban J connectivity index is 1.69. The van der Waals surface area contributed by atoms with Crippen molar-refractivity contribution >= 4 is 5.78 Å². The third-order valence-electron chi connectivity index (χ3n) is 5.76. The van der Waals surface area contributed by atoms with Crippen molar-refractivity contribution in [1.29, 1.82) is 0 Å². The number of carbonyl (C=O) groups is 1. The lowest BCUT2D eigenvalue weighted by Crippen LogP contribution is -2.33. The highest BCUT2D eigenvalue weighted by atomic mass is 19.4. The second-order valence-corrected chi connectivity index (χ2v) is 7.93. The molecule has 31 heavy (non-hydrogen) atoms. The maximum Gasteiger partial charge on any atom is 0.416 e. The summed E-state index contributed by atoms with van der Waals surface area (Å²) in [5.41, 5.74) is 2.93. The molecule has 0 unspecified atom stereocenters. The van der Waals surface area contributed by atoms with Crippen molar-refractivity contribution in [2.75, 3.05) is 13.1 Å². The number of rotatable bonds is 5. The summed E-state index contributed by atoms with van der Waals surface area (Å²) < 4.78 is 41.0. The standard InChI is InChI=1S/C24H24F3N3O/c1-17-22(16-29-13-11-21(31)12-14-29)28-23(30(17)15-18-5-3-2-4-6-18)19-7-9-20(10-8-19)24(25,26)27/h2-10H,11-16H2,1H3. The van der Waals surface area contributed by atoms with E-state index in [9.17, 15) is 18.0 Å². The fourth-order valence-corrected chi connectivity index (χ4v) is 3.89. The number of imidazole rings is 1. The molecule has 162 valence electrons. The van der Waals surface area contributed by atoms with Crippen LogP contribution in [0, 0.1) is 6.92 Å². The van der Waals surface area contributed by atoms with Crippen molar-refractivity contribution in [3.8, 4) is 11.4 Å². The average molecular weight is 427 g/mol. The van der Waals surface area contributed by atoms with Crippen LogP contribution in [-0.2, 0) is 24.1 Å². The van der Waals surface area contributed by atoms with E-state index in [1.54, 1.807) is 0 Å². The Morgan fingerprint density at radius 1 is 0.935 bits per heavy atom. The first-order chi connectivity index (χ1) is 14.8. The second kappa shape index (κ2) is 8.67. The Morgan fingerprint density at radius 2 is 1.58 bits per heavy atom. The number of alkyl halides is 3. The molecule has 0 radical (unpaired) electrons. The summed E-state index contributed by atoms with van der Waals surface area (Å²) in [7, 11) is 0. The van der Waals surface area contributed by atoms with Gasteiger partial charge in [-0.2, -0.15) is 13.2 Å². The fourth-order valence-electron chi connectivity index (χ4n) is 3.89. The molecule has 0 amide bonds. The van der Waals surface area contributed by atoms with E-state index in [1.807, 2.05) is 37.3 Å². The highest BCUT2D eigenvalue weighted by Gasteiger charge is 2.30. The van der Waals surface area contributed by atoms with Crippen LogP contribution in [0.2, 0.25) is 0 Å². The minimum atomic E-state index is -4.37. The Morgan fingerprint density at radius 3 is 2.19 bits per heavy atom. The molecule has 3 aromatic rings. The molecule has 1 saturated heterocycles. The third-order valence-corrected chi connectivity index (χ3v) is 5.76. The molecule has 1 fully saturated rings. The lowest BCUT2D eigenvalue weighted by Gasteiger charge is -2.25. The van der Waals surface area contributed by atoms with E-state index in [1.165, 1.54) is 12.1 Å². The van der Waals surface area contributed by atoms with E-state index in [-0.39, 0.29) is 5.78 Å². The van der Waals surface area contributed by atoms with Gasteiger partial charge in [0.15, 0.2) is 0 Å². The van der Waals surface area contributed by atoms with Gasteiger partial charge in [-0.3, -0.25) is 9.69 Å². The summed E-state index contributed by atoms with van der Waals surface area (Å²) in [6.07, 6.45) is -3.27. The Kier molecular flexibility index (Phi) is 5.96. The summed E-state index contributed by atoms with van der Waals surface area (Å²) in [5.74, 6) is 0.936. The molecule has 1 aliphatic heterocycles. The lowest BCUT2D eigenvalue weighted by atomic mass is 10.1. The first-order valence-corrected chi connectivity index (χ1v) is 10.3. The molecule has 7 heteroatoms. The number of nitrogens with zero attached hydrogens (tertiary/aromatic N) is 3. The van der Waals surface area contributed by atoms with Gasteiger partial charge in [0.1, 0.15) is 11.6 Å². The molecule has 0 bridgehead atoms. The van der Waals surface area contributed by atoms with Crippen molar-refractivity contribution in [3.63, 3.8) is 0 Å². The van der Waals surface area contributed by atoms with Crippen molar-refractivity contribution in [2.45, 2.75) is 39.0 Å². The number of halogens is 3. The highest BCUT2D eigenvalue weighted by molar-refractivity contribution is 5.79. The SMILES string of the molecule is Cc1c(CN2CCC(=O)CC2)nc(-c2ccc(C(F)(F)F)cc2)n1Cc1ccccc1. The van der Waals surface area contributed by atoms with Crippen LogP contribution in [0.15, 0.2) is 54.6 Å². The predicted octanol–water partition coefficient (Wildman–Crippen LogP) is 5.09. The fraction of sp³-hybridized carbons (Fsp3) is 0.333. The number of likely N-dealkylation sites (tertiary alicyclic amines) is 1. The minimum Gasteiger partial charge on any atom is -0.324 e. The topological polar surface area (TPSA) is 38.1 Å². The predicted molar refractivity (Wildman–Crippen MR) is 112 cm³/mol. The molecule has 0 N–H and O–H groups in total. The number of hydrogen-bond donors (Lipinski definition) is 0. The Bertz CT molecular complexity index is 1050. The molecule has 2 aromatic carbocycles. The van der Waals surface area contributed by atoms with Crippen LogP contribution >= 0.6 is 0 Å². The zero-order chi connectivity index (χ0) is 22.0. The minimum absolute atomic E-state index is 0.285. The van der Waals surface area contributed by atoms with E-state index >= 15 is 0 Å². The first-order valence-electron chi connectivity index (χ1n) is 10.3. The number of piperidine rings is 1. The number of aromatic nitrogens is 2. The monoisotopic (exact) mass is 427 g/mol. The van der Waals surface area contributed by atoms with Crippen LogP contribution in [0.1, 0.15) is 35.4 Å². The van der Waals surface area contributed by atoms with Gasteiger partial charge in [0.05, 0.1) is 11.3 Å². The third kappa shape index (κ3) is 4.88. The molecule has 1 aliphatic rings. The van der Waals surface area contributed by atoms with Gasteiger partial charge >= 0.3 is 6.18 Å². The molecule has 1 aromatic heterocycles. The van der Waals surface area contributed by atoms with Crippen molar-refractivity contribution in [2.24, 2.45) is 0 Å². The van der Waals surface area contributed by atoms with Gasteiger partial charge in [-0.1, -0.05) is 42.5 Å². The molecule has 0 saturated carbocycles. The van der Waals surface area contributed by atoms with Crippen LogP contribution in [0.5, 0.6) is 0 Å². The zero-order valence-electron chi connectivity index (χ0n) is 17.3. The summed E-state index contributed by atoms with van der Waals surface area (Å²) in [5, 5.41) is 0. The molecule has 0 atom stereocenters. The van der Waals surface area contributed by atoms with Gasteiger partial charge in [0.2, 0.25) is 0 Å². The van der Waals surface area contributed by atoms with E-state index in [4.69, 9.17) is 4.98 Å². The summed E-state index contributed by atoms with van der Waals surface area (Å²) >= 11 is 0. The van der Waals surface area contributed by atoms with Crippen molar-refractivity contribution in [3.05, 3.63) is 77.1 Å². The molecular formula is C24H24F3N3O.